The van der Waals surface area contributed by atoms with Gasteiger partial charge in [0.25, 0.3) is 21.6 Å². The Labute approximate surface area is 256 Å². The van der Waals surface area contributed by atoms with Crippen molar-refractivity contribution in [3.8, 4) is 28.3 Å². The number of rotatable bonds is 6. The number of benzene rings is 3. The van der Waals surface area contributed by atoms with Gasteiger partial charge in [-0.1, -0.05) is 18.2 Å². The number of aromatic nitrogens is 5. The molecule has 3 heterocycles. The van der Waals surface area contributed by atoms with Crippen molar-refractivity contribution in [2.75, 3.05) is 11.6 Å². The van der Waals surface area contributed by atoms with Crippen LogP contribution in [0.25, 0.3) is 27.7 Å². The number of pyridine rings is 1. The monoisotopic (exact) mass is 630 g/mol. The number of ether oxygens (including phenoxy) is 1. The number of hydrogen-bond acceptors (Lipinski definition) is 7. The van der Waals surface area contributed by atoms with Gasteiger partial charge in [0, 0.05) is 52.9 Å². The van der Waals surface area contributed by atoms with Crippen LogP contribution in [-0.4, -0.2) is 49.7 Å². The Morgan fingerprint density at radius 2 is 1.76 bits per heavy atom. The van der Waals surface area contributed by atoms with E-state index in [2.05, 4.69) is 20.6 Å². The number of halogens is 1. The van der Waals surface area contributed by atoms with E-state index in [0.717, 1.165) is 22.5 Å². The first-order valence-corrected chi connectivity index (χ1v) is 15.2. The van der Waals surface area contributed by atoms with E-state index in [9.17, 15) is 18.0 Å². The van der Waals surface area contributed by atoms with E-state index < -0.39 is 27.4 Å². The number of nitrogens with zero attached hydrogens (tertiary/aromatic N) is 4. The number of H-pyrrole nitrogens is 1. The Hall–Kier alpha value is -5.60. The molecule has 0 radical (unpaired) electrons. The molecule has 0 aliphatic rings. The molecule has 3 N–H and O–H groups in total. The van der Waals surface area contributed by atoms with Gasteiger partial charge in [-0.05, 0) is 55.5 Å². The highest BCUT2D eigenvalue weighted by Gasteiger charge is 2.18. The standard InChI is InChI=1S/C30H23FN6O3.CH4O3S/c1-18-8-10-23(30(39)37(18)22-6-4-3-5-7-22)29(38)35-21-9-11-27(25(31)13-21)40-28-12-19-17-34-36(2)26(19)14-24(28)20-15-32-33-16-20;1-5(2,3)4/h3-17H,1-2H3,(H,32,33)(H,35,38);1H3,(H,2,3,4). The van der Waals surface area contributed by atoms with Gasteiger partial charge in [0.1, 0.15) is 11.3 Å². The number of para-hydroxylation sites is 1. The van der Waals surface area contributed by atoms with Gasteiger partial charge in [0.05, 0.1) is 24.2 Å². The van der Waals surface area contributed by atoms with Crippen LogP contribution >= 0.6 is 0 Å². The zero-order valence-corrected chi connectivity index (χ0v) is 25.0. The molecule has 230 valence electrons. The molecule has 12 nitrogen and oxygen atoms in total. The summed E-state index contributed by atoms with van der Waals surface area (Å²) in [5, 5.41) is 14.5. The lowest BCUT2D eigenvalue weighted by Gasteiger charge is -2.14. The summed E-state index contributed by atoms with van der Waals surface area (Å²) in [4.78, 5) is 26.2. The maximum atomic E-state index is 15.2. The molecule has 0 aliphatic carbocycles. The lowest BCUT2D eigenvalue weighted by atomic mass is 10.1. The number of carbonyl (C=O) groups is 1. The molecule has 6 rings (SSSR count). The van der Waals surface area contributed by atoms with Crippen LogP contribution in [0.1, 0.15) is 16.1 Å². The molecule has 3 aromatic heterocycles. The fourth-order valence-corrected chi connectivity index (χ4v) is 4.57. The summed E-state index contributed by atoms with van der Waals surface area (Å²) in [5.74, 6) is -0.952. The van der Waals surface area contributed by atoms with Gasteiger partial charge < -0.3 is 10.1 Å². The molecule has 0 aliphatic heterocycles. The van der Waals surface area contributed by atoms with Gasteiger partial charge in [0.15, 0.2) is 11.6 Å². The summed E-state index contributed by atoms with van der Waals surface area (Å²) in [6, 6.07) is 20.0. The maximum Gasteiger partial charge on any atom is 0.268 e. The van der Waals surface area contributed by atoms with Crippen LogP contribution in [0.5, 0.6) is 11.5 Å². The molecule has 45 heavy (non-hydrogen) atoms. The highest BCUT2D eigenvalue weighted by atomic mass is 32.2. The van der Waals surface area contributed by atoms with Crippen molar-refractivity contribution in [1.82, 2.24) is 24.5 Å². The van der Waals surface area contributed by atoms with Crippen molar-refractivity contribution in [3.63, 3.8) is 0 Å². The highest BCUT2D eigenvalue weighted by molar-refractivity contribution is 7.85. The average molecular weight is 631 g/mol. The maximum absolute atomic E-state index is 15.2. The van der Waals surface area contributed by atoms with Gasteiger partial charge in [-0.15, -0.1) is 0 Å². The quantitative estimate of drug-likeness (QED) is 0.214. The van der Waals surface area contributed by atoms with Crippen LogP contribution in [-0.2, 0) is 17.2 Å². The minimum atomic E-state index is -3.67. The molecule has 0 saturated heterocycles. The molecule has 0 atom stereocenters. The van der Waals surface area contributed by atoms with Gasteiger partial charge in [-0.3, -0.25) is 28.5 Å². The predicted molar refractivity (Wildman–Crippen MR) is 167 cm³/mol. The van der Waals surface area contributed by atoms with E-state index in [1.165, 1.54) is 22.8 Å². The smallest absolute Gasteiger partial charge is 0.268 e. The van der Waals surface area contributed by atoms with Crippen LogP contribution < -0.4 is 15.6 Å². The summed E-state index contributed by atoms with van der Waals surface area (Å²) < 4.78 is 50.3. The van der Waals surface area contributed by atoms with Crippen molar-refractivity contribution < 1.29 is 26.9 Å². The topological polar surface area (TPSA) is 161 Å². The van der Waals surface area contributed by atoms with Crippen molar-refractivity contribution >= 4 is 32.6 Å². The van der Waals surface area contributed by atoms with Gasteiger partial charge in [-0.25, -0.2) is 4.39 Å². The van der Waals surface area contributed by atoms with Crippen molar-refractivity contribution in [1.29, 1.82) is 0 Å². The minimum absolute atomic E-state index is 0.0345. The lowest BCUT2D eigenvalue weighted by Crippen LogP contribution is -2.29. The number of anilines is 1. The third-order valence-electron chi connectivity index (χ3n) is 6.60. The Morgan fingerprint density at radius 3 is 2.42 bits per heavy atom. The van der Waals surface area contributed by atoms with E-state index >= 15 is 4.39 Å². The summed E-state index contributed by atoms with van der Waals surface area (Å²) in [5.41, 5.74) is 3.32. The molecule has 0 saturated carbocycles. The van der Waals surface area contributed by atoms with Gasteiger partial charge >= 0.3 is 0 Å². The van der Waals surface area contributed by atoms with E-state index in [-0.39, 0.29) is 17.0 Å². The molecule has 3 aromatic carbocycles. The van der Waals surface area contributed by atoms with E-state index in [1.807, 2.05) is 31.3 Å². The Kier molecular flexibility index (Phi) is 8.61. The van der Waals surface area contributed by atoms with Crippen LogP contribution in [0.3, 0.4) is 0 Å². The second kappa shape index (κ2) is 12.6. The van der Waals surface area contributed by atoms with E-state index in [4.69, 9.17) is 9.29 Å². The number of nitrogens with one attached hydrogen (secondary N) is 2. The summed E-state index contributed by atoms with van der Waals surface area (Å²) in [6.07, 6.45) is 5.78. The second-order valence-electron chi connectivity index (χ2n) is 9.96. The largest absolute Gasteiger partial charge is 0.454 e. The minimum Gasteiger partial charge on any atom is -0.454 e. The molecule has 0 spiro atoms. The van der Waals surface area contributed by atoms with Crippen molar-refractivity contribution in [2.24, 2.45) is 7.05 Å². The van der Waals surface area contributed by atoms with Crippen molar-refractivity contribution in [3.05, 3.63) is 119 Å². The average Bonchev–Trinajstić information content (AvgIpc) is 3.64. The lowest BCUT2D eigenvalue weighted by molar-refractivity contribution is 0.102. The summed E-state index contributed by atoms with van der Waals surface area (Å²) in [7, 11) is -1.83. The normalized spacial score (nSPS) is 11.1. The van der Waals surface area contributed by atoms with E-state index in [1.54, 1.807) is 54.5 Å². The fraction of sp³-hybridized carbons (Fsp3) is 0.0968. The van der Waals surface area contributed by atoms with Crippen LogP contribution in [0, 0.1) is 12.7 Å². The fourth-order valence-electron chi connectivity index (χ4n) is 4.57. The molecular weight excluding hydrogens is 603 g/mol. The number of hydrogen-bond donors (Lipinski definition) is 3. The summed E-state index contributed by atoms with van der Waals surface area (Å²) >= 11 is 0. The molecule has 14 heteroatoms. The number of aromatic amines is 1. The van der Waals surface area contributed by atoms with Gasteiger partial charge in [-0.2, -0.15) is 18.6 Å². The first-order chi connectivity index (χ1) is 21.4. The summed E-state index contributed by atoms with van der Waals surface area (Å²) in [6.45, 7) is 1.79. The predicted octanol–water partition coefficient (Wildman–Crippen LogP) is 5.11. The van der Waals surface area contributed by atoms with Crippen LogP contribution in [0.15, 0.2) is 96.2 Å². The van der Waals surface area contributed by atoms with Crippen LogP contribution in [0.2, 0.25) is 0 Å². The third-order valence-corrected chi connectivity index (χ3v) is 6.60. The first-order valence-electron chi connectivity index (χ1n) is 13.3. The number of carbonyl (C=O) groups excluding carboxylic acids is 1. The zero-order chi connectivity index (χ0) is 32.3. The number of fused-ring (bicyclic) bond motifs is 1. The Morgan fingerprint density at radius 1 is 1.02 bits per heavy atom. The Bertz CT molecular complexity index is 2170. The van der Waals surface area contributed by atoms with Crippen molar-refractivity contribution in [2.45, 2.75) is 6.92 Å². The first kappa shape index (κ1) is 30.8. The number of aryl methyl sites for hydroxylation is 2. The molecule has 0 fully saturated rings. The highest BCUT2D eigenvalue weighted by Crippen LogP contribution is 2.37. The molecule has 1 amide bonds. The molecule has 0 bridgehead atoms. The molecular formula is C31H27FN6O6S. The Balaban J connectivity index is 0.000000743. The van der Waals surface area contributed by atoms with Crippen LogP contribution in [0.4, 0.5) is 10.1 Å². The molecule has 6 aromatic rings. The van der Waals surface area contributed by atoms with E-state index in [0.29, 0.717) is 29.0 Å². The SMILES string of the molecule is CS(=O)(=O)O.Cc1ccc(C(=O)Nc2ccc(Oc3cc4cnn(C)c4cc3-c3cn[nH]c3)c(F)c2)c(=O)n1-c1ccccc1. The number of amides is 1. The zero-order valence-electron chi connectivity index (χ0n) is 24.2. The van der Waals surface area contributed by atoms with Gasteiger partial charge in [0.2, 0.25) is 0 Å². The third kappa shape index (κ3) is 7.14. The second-order valence-corrected chi connectivity index (χ2v) is 11.4. The molecule has 0 unspecified atom stereocenters.